The summed E-state index contributed by atoms with van der Waals surface area (Å²) < 4.78 is 39.1. The van der Waals surface area contributed by atoms with Crippen LogP contribution in [-0.2, 0) is 10.0 Å². The highest BCUT2D eigenvalue weighted by molar-refractivity contribution is 7.89. The average molecular weight is 282 g/mol. The zero-order chi connectivity index (χ0) is 13.3. The number of sulfonamides is 1. The van der Waals surface area contributed by atoms with E-state index in [4.69, 9.17) is 11.6 Å². The van der Waals surface area contributed by atoms with Crippen LogP contribution in [-0.4, -0.2) is 25.7 Å². The molecule has 0 saturated heterocycles. The lowest BCUT2D eigenvalue weighted by Gasteiger charge is -2.17. The summed E-state index contributed by atoms with van der Waals surface area (Å²) in [6, 6.07) is 3.70. The van der Waals surface area contributed by atoms with E-state index in [1.165, 1.54) is 26.0 Å². The molecule has 0 aliphatic carbocycles. The van der Waals surface area contributed by atoms with Crippen molar-refractivity contribution in [3.05, 3.63) is 29.0 Å². The molecule has 0 unspecified atom stereocenters. The Morgan fingerprint density at radius 1 is 1.47 bits per heavy atom. The Balaban J connectivity index is 3.02. The predicted molar refractivity (Wildman–Crippen MR) is 62.9 cm³/mol. The maximum atomic E-state index is 13.5. The van der Waals surface area contributed by atoms with E-state index in [2.05, 4.69) is 4.72 Å². The Hall–Kier alpha value is -0.690. The van der Waals surface area contributed by atoms with Crippen molar-refractivity contribution in [3.63, 3.8) is 0 Å². The Morgan fingerprint density at radius 2 is 2.06 bits per heavy atom. The van der Waals surface area contributed by atoms with Crippen LogP contribution in [0.2, 0.25) is 5.02 Å². The second-order valence-corrected chi connectivity index (χ2v) is 6.33. The summed E-state index contributed by atoms with van der Waals surface area (Å²) in [6.45, 7) is 2.65. The highest BCUT2D eigenvalue weighted by Gasteiger charge is 2.23. The van der Waals surface area contributed by atoms with Gasteiger partial charge in [0, 0.05) is 6.54 Å². The maximum absolute atomic E-state index is 13.5. The van der Waals surface area contributed by atoms with Crippen LogP contribution in [0.3, 0.4) is 0 Å². The molecule has 4 nitrogen and oxygen atoms in total. The minimum Gasteiger partial charge on any atom is -0.389 e. The third kappa shape index (κ3) is 3.92. The molecule has 0 fully saturated rings. The maximum Gasteiger partial charge on any atom is 0.243 e. The summed E-state index contributed by atoms with van der Waals surface area (Å²) in [5, 5.41) is 9.14. The van der Waals surface area contributed by atoms with E-state index in [0.717, 1.165) is 6.07 Å². The van der Waals surface area contributed by atoms with Gasteiger partial charge >= 0.3 is 0 Å². The zero-order valence-electron chi connectivity index (χ0n) is 9.37. The molecule has 1 aromatic carbocycles. The Bertz CT molecular complexity index is 511. The monoisotopic (exact) mass is 281 g/mol. The molecule has 0 aliphatic rings. The second kappa shape index (κ2) is 4.89. The quantitative estimate of drug-likeness (QED) is 0.879. The van der Waals surface area contributed by atoms with Crippen LogP contribution in [0.5, 0.6) is 0 Å². The van der Waals surface area contributed by atoms with E-state index in [0.29, 0.717) is 0 Å². The molecule has 0 bridgehead atoms. The molecule has 17 heavy (non-hydrogen) atoms. The van der Waals surface area contributed by atoms with Crippen LogP contribution in [0.1, 0.15) is 13.8 Å². The Kier molecular flexibility index (Phi) is 4.14. The van der Waals surface area contributed by atoms with Gasteiger partial charge in [-0.1, -0.05) is 17.7 Å². The first kappa shape index (κ1) is 14.4. The smallest absolute Gasteiger partial charge is 0.243 e. The van der Waals surface area contributed by atoms with Crippen LogP contribution >= 0.6 is 11.6 Å². The van der Waals surface area contributed by atoms with Crippen LogP contribution in [0.15, 0.2) is 23.1 Å². The lowest BCUT2D eigenvalue weighted by atomic mass is 10.1. The van der Waals surface area contributed by atoms with Crippen molar-refractivity contribution in [1.29, 1.82) is 0 Å². The first-order valence-electron chi connectivity index (χ1n) is 4.79. The van der Waals surface area contributed by atoms with Gasteiger partial charge in [-0.25, -0.2) is 17.5 Å². The van der Waals surface area contributed by atoms with E-state index >= 15 is 0 Å². The van der Waals surface area contributed by atoms with Gasteiger partial charge in [0.2, 0.25) is 10.0 Å². The fourth-order valence-corrected chi connectivity index (χ4v) is 2.57. The summed E-state index contributed by atoms with van der Waals surface area (Å²) in [6.07, 6.45) is 0. The fourth-order valence-electron chi connectivity index (χ4n) is 1.04. The van der Waals surface area contributed by atoms with Gasteiger partial charge in [0.1, 0.15) is 4.90 Å². The van der Waals surface area contributed by atoms with E-state index in [1.54, 1.807) is 0 Å². The first-order valence-corrected chi connectivity index (χ1v) is 6.66. The number of nitrogens with one attached hydrogen (secondary N) is 1. The SMILES string of the molecule is CC(C)(O)CNS(=O)(=O)c1cccc(Cl)c1F. The highest BCUT2D eigenvalue weighted by atomic mass is 35.5. The van der Waals surface area contributed by atoms with E-state index in [9.17, 15) is 17.9 Å². The van der Waals surface area contributed by atoms with Gasteiger partial charge in [-0.2, -0.15) is 0 Å². The topological polar surface area (TPSA) is 66.4 Å². The third-order valence-corrected chi connectivity index (χ3v) is 3.61. The third-order valence-electron chi connectivity index (χ3n) is 1.90. The van der Waals surface area contributed by atoms with Crippen molar-refractivity contribution in [2.45, 2.75) is 24.3 Å². The van der Waals surface area contributed by atoms with Crippen molar-refractivity contribution in [2.75, 3.05) is 6.54 Å². The standard InChI is InChI=1S/C10H13ClFNO3S/c1-10(2,14)6-13-17(15,16)8-5-3-4-7(11)9(8)12/h3-5,13-14H,6H2,1-2H3. The van der Waals surface area contributed by atoms with Gasteiger partial charge in [0.05, 0.1) is 10.6 Å². The minimum atomic E-state index is -4.02. The lowest BCUT2D eigenvalue weighted by Crippen LogP contribution is -2.38. The summed E-state index contributed by atoms with van der Waals surface area (Å²) in [5.74, 6) is -1.00. The number of aliphatic hydroxyl groups is 1. The Morgan fingerprint density at radius 3 is 2.59 bits per heavy atom. The van der Waals surface area contributed by atoms with Gasteiger partial charge in [-0.05, 0) is 26.0 Å². The molecule has 0 aliphatic heterocycles. The van der Waals surface area contributed by atoms with Crippen molar-refractivity contribution in [2.24, 2.45) is 0 Å². The molecule has 0 aromatic heterocycles. The predicted octanol–water partition coefficient (Wildman–Crippen LogP) is 1.53. The first-order chi connectivity index (χ1) is 7.63. The summed E-state index contributed by atoms with van der Waals surface area (Å²) in [4.78, 5) is -0.533. The molecule has 0 heterocycles. The van der Waals surface area contributed by atoms with Crippen molar-refractivity contribution < 1.29 is 17.9 Å². The van der Waals surface area contributed by atoms with Crippen LogP contribution in [0, 0.1) is 5.82 Å². The Labute approximate surface area is 104 Å². The van der Waals surface area contributed by atoms with Crippen LogP contribution < -0.4 is 4.72 Å². The molecule has 0 radical (unpaired) electrons. The minimum absolute atomic E-state index is 0.221. The molecule has 0 spiro atoms. The van der Waals surface area contributed by atoms with Crippen LogP contribution in [0.25, 0.3) is 0 Å². The molecule has 7 heteroatoms. The number of benzene rings is 1. The van der Waals surface area contributed by atoms with Crippen LogP contribution in [0.4, 0.5) is 4.39 Å². The molecule has 2 N–H and O–H groups in total. The summed E-state index contributed by atoms with van der Waals surface area (Å²) in [5.41, 5.74) is -1.22. The second-order valence-electron chi connectivity index (χ2n) is 4.19. The average Bonchev–Trinajstić information content (AvgIpc) is 2.18. The largest absolute Gasteiger partial charge is 0.389 e. The number of hydrogen-bond donors (Lipinski definition) is 2. The molecular formula is C10H13ClFNO3S. The normalized spacial score (nSPS) is 12.8. The molecular weight excluding hydrogens is 269 g/mol. The lowest BCUT2D eigenvalue weighted by molar-refractivity contribution is 0.0857. The van der Waals surface area contributed by atoms with E-state index < -0.39 is 26.3 Å². The van der Waals surface area contributed by atoms with Crippen molar-refractivity contribution >= 4 is 21.6 Å². The number of hydrogen-bond acceptors (Lipinski definition) is 3. The molecule has 1 rings (SSSR count). The van der Waals surface area contributed by atoms with Gasteiger partial charge in [-0.15, -0.1) is 0 Å². The van der Waals surface area contributed by atoms with E-state index in [-0.39, 0.29) is 11.6 Å². The highest BCUT2D eigenvalue weighted by Crippen LogP contribution is 2.21. The number of rotatable bonds is 4. The fraction of sp³-hybridized carbons (Fsp3) is 0.400. The van der Waals surface area contributed by atoms with Gasteiger partial charge < -0.3 is 5.11 Å². The summed E-state index contributed by atoms with van der Waals surface area (Å²) in [7, 11) is -4.02. The van der Waals surface area contributed by atoms with Crippen molar-refractivity contribution in [3.8, 4) is 0 Å². The molecule has 96 valence electrons. The van der Waals surface area contributed by atoms with Gasteiger partial charge in [0.15, 0.2) is 5.82 Å². The zero-order valence-corrected chi connectivity index (χ0v) is 10.9. The number of halogens is 2. The summed E-state index contributed by atoms with van der Waals surface area (Å²) >= 11 is 5.49. The molecule has 1 aromatic rings. The molecule has 0 atom stereocenters. The van der Waals surface area contributed by atoms with E-state index in [1.807, 2.05) is 0 Å². The molecule has 0 saturated carbocycles. The van der Waals surface area contributed by atoms with Gasteiger partial charge in [0.25, 0.3) is 0 Å². The van der Waals surface area contributed by atoms with Crippen molar-refractivity contribution in [1.82, 2.24) is 4.72 Å². The van der Waals surface area contributed by atoms with Gasteiger partial charge in [-0.3, -0.25) is 0 Å². The molecule has 0 amide bonds.